The minimum absolute atomic E-state index is 0. The van der Waals surface area contributed by atoms with Crippen LogP contribution in [0.1, 0.15) is 152 Å². The van der Waals surface area contributed by atoms with Crippen molar-refractivity contribution >= 4 is 11.9 Å². The van der Waals surface area contributed by atoms with Gasteiger partial charge in [0, 0.05) is 20.4 Å². The minimum atomic E-state index is -0.976. The maximum absolute atomic E-state index is 12.3. The van der Waals surface area contributed by atoms with Gasteiger partial charge in [-0.25, -0.2) is 19.4 Å². The number of carboxylic acids is 1. The molecule has 0 bridgehead atoms. The van der Waals surface area contributed by atoms with Crippen molar-refractivity contribution in [2.24, 2.45) is 47.2 Å². The molecule has 12 unspecified atom stereocenters. The average Bonchev–Trinajstić information content (AvgIpc) is 3.87. The van der Waals surface area contributed by atoms with Crippen LogP contribution in [0.4, 0.5) is 0 Å². The van der Waals surface area contributed by atoms with Gasteiger partial charge in [-0.15, -0.1) is 0 Å². The molecule has 2 fully saturated rings. The number of allylic oxidation sites excluding steroid dienone is 1. The first kappa shape index (κ1) is 59.3. The molecule has 0 amide bonds. The van der Waals surface area contributed by atoms with Crippen molar-refractivity contribution in [1.29, 1.82) is 0 Å². The van der Waals surface area contributed by atoms with E-state index in [1.54, 1.807) is 0 Å². The van der Waals surface area contributed by atoms with Gasteiger partial charge in [-0.1, -0.05) is 126 Å². The Balaban J connectivity index is 0.000000264. The maximum atomic E-state index is 12.3. The fourth-order valence-corrected chi connectivity index (χ4v) is 12.3. The molecule has 0 heterocycles. The second kappa shape index (κ2) is 30.7. The van der Waals surface area contributed by atoms with Crippen molar-refractivity contribution in [3.63, 3.8) is 0 Å². The third kappa shape index (κ3) is 17.5. The van der Waals surface area contributed by atoms with Gasteiger partial charge >= 0.3 is 11.9 Å². The number of carboxylic acid groups (broad SMARTS) is 1. The molecule has 2 saturated carbocycles. The Morgan fingerprint density at radius 2 is 1.28 bits per heavy atom. The quantitative estimate of drug-likeness (QED) is 0.0143. The number of nitrogens with two attached hydrogens (primary N) is 1. The van der Waals surface area contributed by atoms with Crippen LogP contribution in [0.25, 0.3) is 0 Å². The molecule has 0 spiro atoms. The van der Waals surface area contributed by atoms with E-state index in [0.717, 1.165) is 113 Å². The molecular weight excluding hydrogens is 1000 g/mol. The molecule has 0 saturated heterocycles. The van der Waals surface area contributed by atoms with Gasteiger partial charge in [0.25, 0.3) is 0 Å². The van der Waals surface area contributed by atoms with Crippen molar-refractivity contribution in [3.05, 3.63) is 107 Å². The number of hydrogen-bond acceptors (Lipinski definition) is 10. The maximum Gasteiger partial charge on any atom is 0.344 e. The van der Waals surface area contributed by atoms with E-state index in [0.29, 0.717) is 41.3 Å². The first-order chi connectivity index (χ1) is 34.4. The van der Waals surface area contributed by atoms with Crippen LogP contribution in [-0.2, 0) is 76.8 Å². The van der Waals surface area contributed by atoms with Crippen molar-refractivity contribution < 1.29 is 69.3 Å². The van der Waals surface area contributed by atoms with E-state index in [9.17, 15) is 19.8 Å². The molecule has 12 atom stereocenters. The number of carbonyl (C=O) groups is 2. The Morgan fingerprint density at radius 3 is 1.85 bits per heavy atom. The van der Waals surface area contributed by atoms with Crippen LogP contribution in [0.15, 0.2) is 78.9 Å². The predicted octanol–water partition coefficient (Wildman–Crippen LogP) is 11.3. The summed E-state index contributed by atoms with van der Waals surface area (Å²) in [5, 5.41) is 30.1. The Bertz CT molecular complexity index is 2100. The fraction of sp³-hybridized carbons (Fsp3) is 0.633. The summed E-state index contributed by atoms with van der Waals surface area (Å²) in [6.07, 6.45) is 21.4. The van der Waals surface area contributed by atoms with Crippen LogP contribution < -0.4 is 15.2 Å². The van der Waals surface area contributed by atoms with Crippen LogP contribution in [0.3, 0.4) is 0 Å². The number of fused-ring (bicyclic) bond motifs is 4. The van der Waals surface area contributed by atoms with E-state index >= 15 is 0 Å². The van der Waals surface area contributed by atoms with Gasteiger partial charge in [0.2, 0.25) is 0 Å². The molecule has 3 aromatic rings. The zero-order chi connectivity index (χ0) is 50.7. The largest absolute Gasteiger partial charge is 0.482 e. The first-order valence-corrected chi connectivity index (χ1v) is 27.3. The van der Waals surface area contributed by atoms with Gasteiger partial charge < -0.3 is 35.3 Å². The van der Waals surface area contributed by atoms with Gasteiger partial charge in [-0.3, -0.25) is 0 Å². The SMILES string of the molecule is C/C=C/C(N)C(C)OOC1CC2Cc3c(cccc3OCC(=O)O)CC2C1CCC(O)CCCCC.CCCCCC(O)CCC1C(C)CC2Cc3c(cccc3OCC(=O)OCc3ccccc3)CC21.[Pd]. The summed E-state index contributed by atoms with van der Waals surface area (Å²) < 4.78 is 17.0. The number of aliphatic hydroxyl groups excluding tert-OH is 2. The Labute approximate surface area is 444 Å². The number of aliphatic hydroxyl groups is 2. The molecule has 0 radical (unpaired) electrons. The van der Waals surface area contributed by atoms with Crippen molar-refractivity contribution in [2.45, 2.75) is 187 Å². The molecule has 7 rings (SSSR count). The smallest absolute Gasteiger partial charge is 0.344 e. The molecule has 3 aromatic carbocycles. The summed E-state index contributed by atoms with van der Waals surface area (Å²) in [5.41, 5.74) is 12.1. The Hall–Kier alpha value is -3.60. The molecular formula is C60H87NO10Pd. The second-order valence-corrected chi connectivity index (χ2v) is 21.3. The van der Waals surface area contributed by atoms with E-state index in [1.165, 1.54) is 36.0 Å². The summed E-state index contributed by atoms with van der Waals surface area (Å²) in [5.74, 6) is 4.00. The topological polar surface area (TPSA) is 167 Å². The van der Waals surface area contributed by atoms with Crippen molar-refractivity contribution in [1.82, 2.24) is 0 Å². The van der Waals surface area contributed by atoms with Crippen LogP contribution in [0.2, 0.25) is 0 Å². The van der Waals surface area contributed by atoms with Gasteiger partial charge in [0.15, 0.2) is 13.2 Å². The number of hydrogen-bond donors (Lipinski definition) is 4. The number of carbonyl (C=O) groups excluding carboxylic acids is 1. The molecule has 12 heteroatoms. The number of ether oxygens (including phenoxy) is 3. The summed E-state index contributed by atoms with van der Waals surface area (Å²) in [6.45, 7) is 10.5. The van der Waals surface area contributed by atoms with Crippen molar-refractivity contribution in [3.8, 4) is 11.5 Å². The summed E-state index contributed by atoms with van der Waals surface area (Å²) in [4.78, 5) is 35.2. The van der Waals surface area contributed by atoms with E-state index in [4.69, 9.17) is 34.8 Å². The third-order valence-electron chi connectivity index (χ3n) is 16.2. The minimum Gasteiger partial charge on any atom is -0.482 e. The molecule has 72 heavy (non-hydrogen) atoms. The van der Waals surface area contributed by atoms with E-state index < -0.39 is 5.97 Å². The molecule has 402 valence electrons. The number of aliphatic carboxylic acids is 1. The van der Waals surface area contributed by atoms with Gasteiger partial charge in [-0.05, 0) is 172 Å². The number of esters is 1. The average molecular weight is 1090 g/mol. The molecule has 5 N–H and O–H groups in total. The normalized spacial score (nSPS) is 24.5. The number of unbranched alkanes of at least 4 members (excludes halogenated alkanes) is 4. The van der Waals surface area contributed by atoms with Crippen molar-refractivity contribution in [2.75, 3.05) is 13.2 Å². The molecule has 11 nitrogen and oxygen atoms in total. The van der Waals surface area contributed by atoms with E-state index in [2.05, 4.69) is 39.0 Å². The third-order valence-corrected chi connectivity index (χ3v) is 16.2. The predicted molar refractivity (Wildman–Crippen MR) is 279 cm³/mol. The second-order valence-electron chi connectivity index (χ2n) is 21.3. The van der Waals surface area contributed by atoms with Gasteiger partial charge in [0.1, 0.15) is 24.2 Å². The van der Waals surface area contributed by atoms with Gasteiger partial charge in [-0.2, -0.15) is 0 Å². The summed E-state index contributed by atoms with van der Waals surface area (Å²) >= 11 is 0. The Kier molecular flexibility index (Phi) is 25.3. The van der Waals surface area contributed by atoms with Crippen LogP contribution in [0, 0.1) is 41.4 Å². The molecule has 0 aliphatic heterocycles. The fourth-order valence-electron chi connectivity index (χ4n) is 12.3. The van der Waals surface area contributed by atoms with E-state index in [1.807, 2.05) is 74.5 Å². The van der Waals surface area contributed by atoms with Crippen LogP contribution >= 0.6 is 0 Å². The standard InChI is InChI=1S/C31H42O4.C29H45NO6.Pd/c1-3-4-6-13-26(32)15-16-27-22(2)17-25-19-29-24(18-28(25)27)12-9-14-30(29)34-21-31(33)35-20-23-10-7-5-8-11-23;1-4-6-7-11-22(31)13-14-23-24-15-20-10-8-12-27(34-18-29(32)33)25(20)16-21(24)17-28(23)36-35-19(3)26(30)9-5-2;/h5,7-12,14,22,25-28,32H,3-4,6,13,15-21H2,1-2H3;5,8-10,12,19,21-24,26,28,31H,4,6-7,11,13-18,30H2,1-3H3,(H,32,33);/b;9-5+;. The monoisotopic (exact) mass is 1090 g/mol. The number of benzene rings is 3. The molecule has 4 aliphatic rings. The summed E-state index contributed by atoms with van der Waals surface area (Å²) in [7, 11) is 0. The van der Waals surface area contributed by atoms with Gasteiger partial charge in [0.05, 0.1) is 24.4 Å². The van der Waals surface area contributed by atoms with Crippen LogP contribution in [0.5, 0.6) is 11.5 Å². The zero-order valence-electron chi connectivity index (χ0n) is 43.9. The van der Waals surface area contributed by atoms with E-state index in [-0.39, 0.29) is 82.6 Å². The number of rotatable bonds is 27. The summed E-state index contributed by atoms with van der Waals surface area (Å²) in [6, 6.07) is 21.7. The molecule has 4 aliphatic carbocycles. The van der Waals surface area contributed by atoms with Crippen LogP contribution in [-0.4, -0.2) is 70.9 Å². The zero-order valence-corrected chi connectivity index (χ0v) is 45.4. The molecule has 0 aromatic heterocycles. The first-order valence-electron chi connectivity index (χ1n) is 27.3. The Morgan fingerprint density at radius 1 is 0.722 bits per heavy atom.